The van der Waals surface area contributed by atoms with E-state index in [-0.39, 0.29) is 0 Å². The van der Waals surface area contributed by atoms with E-state index in [1.54, 1.807) is 11.3 Å². The normalized spacial score (nSPS) is 20.5. The van der Waals surface area contributed by atoms with Crippen molar-refractivity contribution < 1.29 is 4.52 Å². The van der Waals surface area contributed by atoms with E-state index >= 15 is 0 Å². The fourth-order valence-corrected chi connectivity index (χ4v) is 3.62. The van der Waals surface area contributed by atoms with Gasteiger partial charge in [0.15, 0.2) is 0 Å². The van der Waals surface area contributed by atoms with Crippen molar-refractivity contribution in [1.29, 1.82) is 0 Å². The molecule has 118 valence electrons. The number of thiophene rings is 1. The summed E-state index contributed by atoms with van der Waals surface area (Å²) < 4.78 is 5.39. The predicted molar refractivity (Wildman–Crippen MR) is 86.6 cm³/mol. The van der Waals surface area contributed by atoms with Crippen LogP contribution in [0.15, 0.2) is 22.0 Å². The number of nitrogens with one attached hydrogen (secondary N) is 1. The topological polar surface area (TPSA) is 54.2 Å². The van der Waals surface area contributed by atoms with E-state index in [1.165, 1.54) is 32.2 Å². The number of likely N-dealkylation sites (tertiary alicyclic amines) is 1. The molecular formula is C16H22N4OS. The molecule has 2 fully saturated rings. The first-order chi connectivity index (χ1) is 10.9. The van der Waals surface area contributed by atoms with E-state index in [4.69, 9.17) is 4.52 Å². The van der Waals surface area contributed by atoms with Gasteiger partial charge in [-0.05, 0) is 49.6 Å². The first kappa shape index (κ1) is 14.4. The molecule has 1 saturated carbocycles. The summed E-state index contributed by atoms with van der Waals surface area (Å²) in [6.07, 6.45) is 5.29. The van der Waals surface area contributed by atoms with Gasteiger partial charge in [-0.1, -0.05) is 11.2 Å². The molecule has 0 unspecified atom stereocenters. The van der Waals surface area contributed by atoms with Gasteiger partial charge in [0, 0.05) is 19.1 Å². The molecule has 22 heavy (non-hydrogen) atoms. The minimum Gasteiger partial charge on any atom is -0.338 e. The Bertz CT molecular complexity index is 585. The van der Waals surface area contributed by atoms with Gasteiger partial charge in [0.1, 0.15) is 0 Å². The molecule has 0 spiro atoms. The van der Waals surface area contributed by atoms with Crippen molar-refractivity contribution in [2.45, 2.75) is 38.3 Å². The van der Waals surface area contributed by atoms with Crippen LogP contribution in [0.25, 0.3) is 10.7 Å². The van der Waals surface area contributed by atoms with Crippen LogP contribution in [0.1, 0.15) is 31.6 Å². The summed E-state index contributed by atoms with van der Waals surface area (Å²) in [5, 5.41) is 9.83. The molecule has 0 radical (unpaired) electrons. The van der Waals surface area contributed by atoms with E-state index < -0.39 is 0 Å². The third-order valence-corrected chi connectivity index (χ3v) is 5.41. The van der Waals surface area contributed by atoms with Crippen LogP contribution in [0.4, 0.5) is 0 Å². The second-order valence-electron chi connectivity index (χ2n) is 6.39. The van der Waals surface area contributed by atoms with Crippen molar-refractivity contribution in [2.75, 3.05) is 19.6 Å². The number of aromatic nitrogens is 2. The maximum atomic E-state index is 5.39. The highest BCUT2D eigenvalue weighted by atomic mass is 32.1. The molecular weight excluding hydrogens is 296 g/mol. The molecule has 2 aliphatic rings. The predicted octanol–water partition coefficient (Wildman–Crippen LogP) is 2.76. The van der Waals surface area contributed by atoms with Crippen LogP contribution >= 0.6 is 11.3 Å². The molecule has 0 aromatic carbocycles. The molecule has 0 atom stereocenters. The molecule has 1 aliphatic heterocycles. The van der Waals surface area contributed by atoms with E-state index in [0.29, 0.717) is 11.9 Å². The standard InChI is InChI=1S/C16H22N4OS/c1-2-14(22-9-1)16-18-15(21-19-16)11-20-7-5-13(6-8-20)17-10-12-3-4-12/h1-2,9,12-13,17H,3-8,10-11H2. The maximum Gasteiger partial charge on any atom is 0.241 e. The van der Waals surface area contributed by atoms with Crippen molar-refractivity contribution in [2.24, 2.45) is 5.92 Å². The van der Waals surface area contributed by atoms with Gasteiger partial charge in [-0.2, -0.15) is 4.98 Å². The smallest absolute Gasteiger partial charge is 0.241 e. The van der Waals surface area contributed by atoms with Gasteiger partial charge in [-0.25, -0.2) is 0 Å². The monoisotopic (exact) mass is 318 g/mol. The third-order valence-electron chi connectivity index (χ3n) is 4.55. The van der Waals surface area contributed by atoms with Gasteiger partial charge in [0.25, 0.3) is 0 Å². The summed E-state index contributed by atoms with van der Waals surface area (Å²) in [5.74, 6) is 2.41. The highest BCUT2D eigenvalue weighted by Crippen LogP contribution is 2.28. The van der Waals surface area contributed by atoms with Crippen molar-refractivity contribution in [3.05, 3.63) is 23.4 Å². The van der Waals surface area contributed by atoms with Gasteiger partial charge in [0.05, 0.1) is 11.4 Å². The molecule has 1 N–H and O–H groups in total. The molecule has 0 bridgehead atoms. The Hall–Kier alpha value is -1.24. The quantitative estimate of drug-likeness (QED) is 0.887. The first-order valence-corrected chi connectivity index (χ1v) is 9.07. The summed E-state index contributed by atoms with van der Waals surface area (Å²) in [6, 6.07) is 4.73. The molecule has 1 aliphatic carbocycles. The lowest BCUT2D eigenvalue weighted by Crippen LogP contribution is -2.42. The Labute approximate surface area is 134 Å². The van der Waals surface area contributed by atoms with E-state index in [1.807, 2.05) is 17.5 Å². The molecule has 2 aromatic rings. The lowest BCUT2D eigenvalue weighted by atomic mass is 10.0. The number of hydrogen-bond acceptors (Lipinski definition) is 6. The van der Waals surface area contributed by atoms with E-state index in [2.05, 4.69) is 20.4 Å². The van der Waals surface area contributed by atoms with Crippen LogP contribution in [-0.2, 0) is 6.54 Å². The fraction of sp³-hybridized carbons (Fsp3) is 0.625. The van der Waals surface area contributed by atoms with Gasteiger partial charge in [0.2, 0.25) is 11.7 Å². The average Bonchev–Trinajstić information content (AvgIpc) is 3.01. The molecule has 6 heteroatoms. The Morgan fingerprint density at radius 2 is 2.14 bits per heavy atom. The molecule has 0 amide bonds. The van der Waals surface area contributed by atoms with Crippen molar-refractivity contribution in [1.82, 2.24) is 20.4 Å². The lowest BCUT2D eigenvalue weighted by molar-refractivity contribution is 0.170. The molecule has 3 heterocycles. The number of piperidine rings is 1. The minimum atomic E-state index is 0.696. The first-order valence-electron chi connectivity index (χ1n) is 8.19. The molecule has 1 saturated heterocycles. The highest BCUT2D eigenvalue weighted by Gasteiger charge is 2.25. The van der Waals surface area contributed by atoms with Gasteiger partial charge < -0.3 is 9.84 Å². The molecule has 2 aromatic heterocycles. The number of rotatable bonds is 6. The second-order valence-corrected chi connectivity index (χ2v) is 7.34. The zero-order valence-electron chi connectivity index (χ0n) is 12.7. The zero-order chi connectivity index (χ0) is 14.8. The van der Waals surface area contributed by atoms with Crippen LogP contribution in [0.3, 0.4) is 0 Å². The lowest BCUT2D eigenvalue weighted by Gasteiger charge is -2.31. The van der Waals surface area contributed by atoms with Crippen LogP contribution in [0.2, 0.25) is 0 Å². The molecule has 5 nitrogen and oxygen atoms in total. The fourth-order valence-electron chi connectivity index (χ4n) is 2.97. The summed E-state index contributed by atoms with van der Waals surface area (Å²) in [5.41, 5.74) is 0. The summed E-state index contributed by atoms with van der Waals surface area (Å²) in [6.45, 7) is 4.21. The van der Waals surface area contributed by atoms with Crippen LogP contribution in [0.5, 0.6) is 0 Å². The summed E-state index contributed by atoms with van der Waals surface area (Å²) in [7, 11) is 0. The minimum absolute atomic E-state index is 0.696. The largest absolute Gasteiger partial charge is 0.338 e. The Kier molecular flexibility index (Phi) is 4.23. The van der Waals surface area contributed by atoms with Crippen molar-refractivity contribution in [3.8, 4) is 10.7 Å². The number of nitrogens with zero attached hydrogens (tertiary/aromatic N) is 3. The summed E-state index contributed by atoms with van der Waals surface area (Å²) >= 11 is 1.64. The average molecular weight is 318 g/mol. The van der Waals surface area contributed by atoms with Crippen molar-refractivity contribution in [3.63, 3.8) is 0 Å². The maximum absolute atomic E-state index is 5.39. The second kappa shape index (κ2) is 6.48. The van der Waals surface area contributed by atoms with Gasteiger partial charge in [-0.3, -0.25) is 4.90 Å². The van der Waals surface area contributed by atoms with Crippen LogP contribution in [-0.4, -0.2) is 40.7 Å². The zero-order valence-corrected chi connectivity index (χ0v) is 13.5. The Balaban J connectivity index is 1.25. The van der Waals surface area contributed by atoms with E-state index in [0.717, 1.165) is 36.3 Å². The van der Waals surface area contributed by atoms with Crippen LogP contribution < -0.4 is 5.32 Å². The van der Waals surface area contributed by atoms with Crippen LogP contribution in [0, 0.1) is 5.92 Å². The third kappa shape index (κ3) is 3.56. The molecule has 4 rings (SSSR count). The van der Waals surface area contributed by atoms with Gasteiger partial charge in [-0.15, -0.1) is 11.3 Å². The van der Waals surface area contributed by atoms with Gasteiger partial charge >= 0.3 is 0 Å². The SMILES string of the molecule is c1csc(-c2noc(CN3CCC(NCC4CC4)CC3)n2)c1. The van der Waals surface area contributed by atoms with E-state index in [9.17, 15) is 0 Å². The Morgan fingerprint density at radius 1 is 1.27 bits per heavy atom. The highest BCUT2D eigenvalue weighted by molar-refractivity contribution is 7.13. The van der Waals surface area contributed by atoms with Crippen molar-refractivity contribution >= 4 is 11.3 Å². The summed E-state index contributed by atoms with van der Waals surface area (Å²) in [4.78, 5) is 7.99. The Morgan fingerprint density at radius 3 is 2.86 bits per heavy atom. The number of hydrogen-bond donors (Lipinski definition) is 1.